The van der Waals surface area contributed by atoms with Crippen LogP contribution in [0.5, 0.6) is 0 Å². The van der Waals surface area contributed by atoms with Gasteiger partial charge in [-0.1, -0.05) is 11.6 Å². The summed E-state index contributed by atoms with van der Waals surface area (Å²) in [7, 11) is 0. The van der Waals surface area contributed by atoms with E-state index in [-0.39, 0.29) is 0 Å². The molecule has 0 spiro atoms. The van der Waals surface area contributed by atoms with Gasteiger partial charge in [-0.2, -0.15) is 0 Å². The molecule has 3 rings (SSSR count). The van der Waals surface area contributed by atoms with Gasteiger partial charge < -0.3 is 10.2 Å². The van der Waals surface area contributed by atoms with Crippen LogP contribution in [-0.2, 0) is 6.54 Å². The molecule has 0 aliphatic carbocycles. The molecule has 4 nitrogen and oxygen atoms in total. The lowest BCUT2D eigenvalue weighted by Gasteiger charge is -1.98. The first-order valence-electron chi connectivity index (χ1n) is 5.89. The molecule has 0 amide bonds. The molecular weight excluding hydrogens is 262 g/mol. The Hall–Kier alpha value is -1.91. The summed E-state index contributed by atoms with van der Waals surface area (Å²) in [5.74, 6) is 0.553. The van der Waals surface area contributed by atoms with E-state index < -0.39 is 0 Å². The van der Waals surface area contributed by atoms with Crippen LogP contribution in [0, 0.1) is 6.92 Å². The molecule has 2 N–H and O–H groups in total. The van der Waals surface area contributed by atoms with Crippen LogP contribution < -0.4 is 5.73 Å². The van der Waals surface area contributed by atoms with Crippen LogP contribution in [0.3, 0.4) is 0 Å². The Labute approximate surface area is 115 Å². The monoisotopic (exact) mass is 273 g/mol. The number of nitrogens with zero attached hydrogens (tertiary/aromatic N) is 2. The van der Waals surface area contributed by atoms with E-state index in [2.05, 4.69) is 9.97 Å². The molecule has 0 atom stereocenters. The van der Waals surface area contributed by atoms with Crippen molar-refractivity contribution in [1.82, 2.24) is 9.97 Å². The van der Waals surface area contributed by atoms with Crippen LogP contribution in [0.15, 0.2) is 34.9 Å². The Kier molecular flexibility index (Phi) is 2.97. The van der Waals surface area contributed by atoms with Gasteiger partial charge >= 0.3 is 0 Å². The fourth-order valence-corrected chi connectivity index (χ4v) is 2.27. The number of oxazole rings is 1. The van der Waals surface area contributed by atoms with Crippen LogP contribution in [0.2, 0.25) is 5.02 Å². The second kappa shape index (κ2) is 4.64. The maximum atomic E-state index is 6.02. The highest BCUT2D eigenvalue weighted by Crippen LogP contribution is 2.28. The molecular formula is C14H12ClN3O. The predicted molar refractivity (Wildman–Crippen MR) is 74.9 cm³/mol. The summed E-state index contributed by atoms with van der Waals surface area (Å²) in [6.07, 6.45) is 1.70. The summed E-state index contributed by atoms with van der Waals surface area (Å²) < 4.78 is 5.80. The Bertz CT molecular complexity index is 752. The molecule has 0 unspecified atom stereocenters. The summed E-state index contributed by atoms with van der Waals surface area (Å²) in [6, 6.07) is 7.38. The fourth-order valence-electron chi connectivity index (χ4n) is 2.00. The average Bonchev–Trinajstić information content (AvgIpc) is 2.83. The van der Waals surface area contributed by atoms with E-state index in [1.165, 1.54) is 0 Å². The predicted octanol–water partition coefficient (Wildman–Crippen LogP) is 3.31. The topological polar surface area (TPSA) is 64.9 Å². The van der Waals surface area contributed by atoms with Crippen molar-refractivity contribution in [2.45, 2.75) is 13.5 Å². The van der Waals surface area contributed by atoms with E-state index in [4.69, 9.17) is 21.8 Å². The highest BCUT2D eigenvalue weighted by molar-refractivity contribution is 6.31. The number of hydrogen-bond acceptors (Lipinski definition) is 4. The van der Waals surface area contributed by atoms with Gasteiger partial charge in [-0.3, -0.25) is 4.98 Å². The lowest BCUT2D eigenvalue weighted by Crippen LogP contribution is -1.98. The van der Waals surface area contributed by atoms with Gasteiger partial charge in [-0.15, -0.1) is 0 Å². The third-order valence-corrected chi connectivity index (χ3v) is 3.13. The number of aromatic nitrogens is 2. The van der Waals surface area contributed by atoms with E-state index in [0.717, 1.165) is 27.9 Å². The molecule has 2 heterocycles. The Morgan fingerprint density at radius 3 is 2.95 bits per heavy atom. The molecule has 0 aliphatic rings. The SMILES string of the molecule is Cc1cc(Cl)cc2nc(-c3ccnc(CN)c3)oc12. The van der Waals surface area contributed by atoms with Gasteiger partial charge in [0.05, 0.1) is 5.69 Å². The first kappa shape index (κ1) is 12.1. The van der Waals surface area contributed by atoms with E-state index in [9.17, 15) is 0 Å². The van der Waals surface area contributed by atoms with Crippen molar-refractivity contribution >= 4 is 22.7 Å². The molecule has 0 saturated carbocycles. The van der Waals surface area contributed by atoms with E-state index >= 15 is 0 Å². The van der Waals surface area contributed by atoms with Crippen molar-refractivity contribution in [2.24, 2.45) is 5.73 Å². The summed E-state index contributed by atoms with van der Waals surface area (Å²) in [5, 5.41) is 0.655. The maximum Gasteiger partial charge on any atom is 0.227 e. The molecule has 96 valence electrons. The third-order valence-electron chi connectivity index (χ3n) is 2.91. The van der Waals surface area contributed by atoms with Gasteiger partial charge in [-0.25, -0.2) is 4.98 Å². The second-order valence-corrected chi connectivity index (χ2v) is 4.77. The second-order valence-electron chi connectivity index (χ2n) is 4.33. The van der Waals surface area contributed by atoms with Gasteiger partial charge in [0.1, 0.15) is 5.52 Å². The normalized spacial score (nSPS) is 11.1. The van der Waals surface area contributed by atoms with Gasteiger partial charge in [0.2, 0.25) is 5.89 Å². The van der Waals surface area contributed by atoms with Crippen LogP contribution >= 0.6 is 11.6 Å². The number of aryl methyl sites for hydroxylation is 1. The van der Waals surface area contributed by atoms with Gasteiger partial charge in [0, 0.05) is 23.3 Å². The van der Waals surface area contributed by atoms with E-state index in [0.29, 0.717) is 17.5 Å². The Morgan fingerprint density at radius 2 is 2.16 bits per heavy atom. The number of rotatable bonds is 2. The minimum atomic E-state index is 0.388. The summed E-state index contributed by atoms with van der Waals surface area (Å²) in [6.45, 7) is 2.33. The van der Waals surface area contributed by atoms with E-state index in [1.807, 2.05) is 25.1 Å². The molecule has 3 aromatic rings. The summed E-state index contributed by atoms with van der Waals surface area (Å²) in [4.78, 5) is 8.61. The minimum Gasteiger partial charge on any atom is -0.436 e. The number of pyridine rings is 1. The van der Waals surface area contributed by atoms with Gasteiger partial charge in [-0.05, 0) is 36.8 Å². The van der Waals surface area contributed by atoms with Crippen molar-refractivity contribution in [1.29, 1.82) is 0 Å². The molecule has 0 saturated heterocycles. The zero-order valence-electron chi connectivity index (χ0n) is 10.4. The molecule has 0 aliphatic heterocycles. The Balaban J connectivity index is 2.17. The van der Waals surface area contributed by atoms with Crippen molar-refractivity contribution in [3.8, 4) is 11.5 Å². The molecule has 19 heavy (non-hydrogen) atoms. The first-order valence-corrected chi connectivity index (χ1v) is 6.27. The van der Waals surface area contributed by atoms with Crippen LogP contribution in [0.1, 0.15) is 11.3 Å². The Morgan fingerprint density at radius 1 is 1.32 bits per heavy atom. The smallest absolute Gasteiger partial charge is 0.227 e. The molecule has 0 bridgehead atoms. The zero-order chi connectivity index (χ0) is 13.4. The highest BCUT2D eigenvalue weighted by atomic mass is 35.5. The number of benzene rings is 1. The quantitative estimate of drug-likeness (QED) is 0.778. The molecule has 0 radical (unpaired) electrons. The zero-order valence-corrected chi connectivity index (χ0v) is 11.1. The van der Waals surface area contributed by atoms with Gasteiger partial charge in [0.15, 0.2) is 5.58 Å². The first-order chi connectivity index (χ1) is 9.17. The average molecular weight is 274 g/mol. The number of hydrogen-bond donors (Lipinski definition) is 1. The van der Waals surface area contributed by atoms with Crippen molar-refractivity contribution in [3.63, 3.8) is 0 Å². The number of halogens is 1. The third kappa shape index (κ3) is 2.20. The molecule has 2 aromatic heterocycles. The minimum absolute atomic E-state index is 0.388. The standard InChI is InChI=1S/C14H12ClN3O/c1-8-4-10(15)6-12-13(8)19-14(18-12)9-2-3-17-11(5-9)7-16/h2-6H,7,16H2,1H3. The van der Waals surface area contributed by atoms with E-state index in [1.54, 1.807) is 12.3 Å². The maximum absolute atomic E-state index is 6.02. The lowest BCUT2D eigenvalue weighted by molar-refractivity contribution is 0.617. The van der Waals surface area contributed by atoms with Crippen LogP contribution in [0.4, 0.5) is 0 Å². The van der Waals surface area contributed by atoms with Crippen molar-refractivity contribution in [3.05, 3.63) is 46.7 Å². The molecule has 1 aromatic carbocycles. The van der Waals surface area contributed by atoms with Gasteiger partial charge in [0.25, 0.3) is 0 Å². The van der Waals surface area contributed by atoms with Crippen molar-refractivity contribution in [2.75, 3.05) is 0 Å². The summed E-state index contributed by atoms with van der Waals surface area (Å²) >= 11 is 6.02. The van der Waals surface area contributed by atoms with Crippen LogP contribution in [-0.4, -0.2) is 9.97 Å². The number of fused-ring (bicyclic) bond motifs is 1. The fraction of sp³-hybridized carbons (Fsp3) is 0.143. The largest absolute Gasteiger partial charge is 0.436 e. The lowest BCUT2D eigenvalue weighted by atomic mass is 10.2. The number of nitrogens with two attached hydrogens (primary N) is 1. The highest BCUT2D eigenvalue weighted by Gasteiger charge is 2.11. The van der Waals surface area contributed by atoms with Crippen LogP contribution in [0.25, 0.3) is 22.6 Å². The summed E-state index contributed by atoms with van der Waals surface area (Å²) in [5.41, 5.74) is 9.73. The molecule has 0 fully saturated rings. The molecule has 5 heteroatoms. The van der Waals surface area contributed by atoms with Crippen molar-refractivity contribution < 1.29 is 4.42 Å².